The van der Waals surface area contributed by atoms with E-state index >= 15 is 0 Å². The summed E-state index contributed by atoms with van der Waals surface area (Å²) >= 11 is 0. The summed E-state index contributed by atoms with van der Waals surface area (Å²) in [6, 6.07) is 5.65. The molecule has 0 aliphatic carbocycles. The average Bonchev–Trinajstić information content (AvgIpc) is 3.13. The molecule has 0 radical (unpaired) electrons. The fourth-order valence-electron chi connectivity index (χ4n) is 2.32. The maximum Gasteiger partial charge on any atom is 0.332 e. The third-order valence-corrected chi connectivity index (χ3v) is 3.69. The van der Waals surface area contributed by atoms with Crippen LogP contribution in [0.15, 0.2) is 47.0 Å². The normalized spacial score (nSPS) is 11.5. The Morgan fingerprint density at radius 2 is 2.16 bits per heavy atom. The number of oxazole rings is 1. The van der Waals surface area contributed by atoms with Crippen molar-refractivity contribution in [3.05, 3.63) is 42.6 Å². The van der Waals surface area contributed by atoms with Crippen LogP contribution < -0.4 is 10.1 Å². The number of benzene rings is 1. The van der Waals surface area contributed by atoms with Crippen LogP contribution in [0.1, 0.15) is 26.7 Å². The minimum atomic E-state index is -0.378. The number of nitrogens with zero attached hydrogens (tertiary/aromatic N) is 1. The Balaban J connectivity index is 2.23. The van der Waals surface area contributed by atoms with E-state index in [0.717, 1.165) is 29.8 Å². The average molecular weight is 344 g/mol. The molecule has 0 aliphatic heterocycles. The summed E-state index contributed by atoms with van der Waals surface area (Å²) in [7, 11) is 2.97. The van der Waals surface area contributed by atoms with Gasteiger partial charge in [-0.2, -0.15) is 0 Å². The van der Waals surface area contributed by atoms with E-state index in [9.17, 15) is 4.79 Å². The molecule has 0 unspecified atom stereocenters. The quantitative estimate of drug-likeness (QED) is 0.570. The Morgan fingerprint density at radius 3 is 2.76 bits per heavy atom. The molecule has 1 aromatic carbocycles. The summed E-state index contributed by atoms with van der Waals surface area (Å²) in [5, 5.41) is 3.28. The maximum absolute atomic E-state index is 11.6. The van der Waals surface area contributed by atoms with Gasteiger partial charge >= 0.3 is 5.97 Å². The molecule has 0 atom stereocenters. The van der Waals surface area contributed by atoms with Gasteiger partial charge in [-0.3, -0.25) is 0 Å². The molecule has 2 rings (SSSR count). The van der Waals surface area contributed by atoms with Gasteiger partial charge in [-0.05, 0) is 30.9 Å². The van der Waals surface area contributed by atoms with Crippen molar-refractivity contribution in [3.63, 3.8) is 0 Å². The monoisotopic (exact) mass is 344 g/mol. The van der Waals surface area contributed by atoms with Crippen molar-refractivity contribution in [3.8, 4) is 17.1 Å². The number of nitrogens with one attached hydrogen (secondary N) is 1. The van der Waals surface area contributed by atoms with Gasteiger partial charge in [0.2, 0.25) is 0 Å². The first kappa shape index (κ1) is 18.6. The van der Waals surface area contributed by atoms with Crippen LogP contribution >= 0.6 is 0 Å². The van der Waals surface area contributed by atoms with Crippen LogP contribution in [-0.4, -0.2) is 25.2 Å². The van der Waals surface area contributed by atoms with Crippen LogP contribution in [0.3, 0.4) is 0 Å². The second-order valence-corrected chi connectivity index (χ2v) is 6.03. The number of aromatic nitrogens is 1. The lowest BCUT2D eigenvalue weighted by atomic mass is 10.1. The first-order valence-electron chi connectivity index (χ1n) is 8.16. The summed E-state index contributed by atoms with van der Waals surface area (Å²) in [4.78, 5) is 15.5. The zero-order chi connectivity index (χ0) is 18.2. The van der Waals surface area contributed by atoms with Gasteiger partial charge in [0.05, 0.1) is 26.0 Å². The molecular formula is C19H24N2O4. The molecule has 0 aliphatic rings. The van der Waals surface area contributed by atoms with Gasteiger partial charge in [0.25, 0.3) is 0 Å². The summed E-state index contributed by atoms with van der Waals surface area (Å²) in [6.45, 7) is 4.29. The Labute approximate surface area is 147 Å². The van der Waals surface area contributed by atoms with E-state index in [2.05, 4.69) is 24.1 Å². The molecule has 6 heteroatoms. The molecule has 6 nitrogen and oxygen atoms in total. The minimum Gasteiger partial charge on any atom is -0.496 e. The summed E-state index contributed by atoms with van der Waals surface area (Å²) in [6.07, 6.45) is 6.21. The number of allylic oxidation sites excluding steroid dienone is 1. The molecule has 1 aromatic heterocycles. The highest BCUT2D eigenvalue weighted by atomic mass is 16.5. The smallest absolute Gasteiger partial charge is 0.332 e. The zero-order valence-corrected chi connectivity index (χ0v) is 15.0. The van der Waals surface area contributed by atoms with E-state index in [4.69, 9.17) is 13.9 Å². The zero-order valence-electron chi connectivity index (χ0n) is 15.0. The first-order valence-corrected chi connectivity index (χ1v) is 8.16. The Kier molecular flexibility index (Phi) is 6.62. The van der Waals surface area contributed by atoms with Gasteiger partial charge in [0, 0.05) is 23.5 Å². The standard InChI is InChI=1S/C19H24N2O4/c1-13(2)5-6-15(10-19(22)24-4)21-14-7-8-16(17(9-14)23-3)18-11-20-12-25-18/h7-13,21H,5-6H2,1-4H3/b15-10-. The number of esters is 1. The number of rotatable bonds is 8. The Bertz CT molecular complexity index is 721. The van der Waals surface area contributed by atoms with Gasteiger partial charge in [-0.1, -0.05) is 13.8 Å². The number of hydrogen-bond donors (Lipinski definition) is 1. The van der Waals surface area contributed by atoms with Crippen LogP contribution in [0.4, 0.5) is 5.69 Å². The van der Waals surface area contributed by atoms with Crippen LogP contribution in [0.25, 0.3) is 11.3 Å². The van der Waals surface area contributed by atoms with E-state index in [1.165, 1.54) is 19.6 Å². The van der Waals surface area contributed by atoms with Crippen LogP contribution in [0.5, 0.6) is 5.75 Å². The van der Waals surface area contributed by atoms with Crippen LogP contribution in [0.2, 0.25) is 0 Å². The molecule has 1 N–H and O–H groups in total. The van der Waals surface area contributed by atoms with Crippen LogP contribution in [-0.2, 0) is 9.53 Å². The van der Waals surface area contributed by atoms with E-state index in [1.807, 2.05) is 18.2 Å². The largest absolute Gasteiger partial charge is 0.496 e. The number of ether oxygens (including phenoxy) is 2. The highest BCUT2D eigenvalue weighted by Gasteiger charge is 2.11. The molecule has 25 heavy (non-hydrogen) atoms. The van der Waals surface area contributed by atoms with E-state index in [1.54, 1.807) is 13.3 Å². The third kappa shape index (κ3) is 5.38. The second-order valence-electron chi connectivity index (χ2n) is 6.03. The van der Waals surface area contributed by atoms with Gasteiger partial charge in [-0.25, -0.2) is 9.78 Å². The fraction of sp³-hybridized carbons (Fsp3) is 0.368. The molecule has 0 spiro atoms. The Morgan fingerprint density at radius 1 is 1.36 bits per heavy atom. The van der Waals surface area contributed by atoms with E-state index < -0.39 is 0 Å². The predicted molar refractivity (Wildman–Crippen MR) is 96.3 cm³/mol. The molecule has 2 aromatic rings. The lowest BCUT2D eigenvalue weighted by Gasteiger charge is -2.14. The van der Waals surface area contributed by atoms with Crippen molar-refractivity contribution in [2.75, 3.05) is 19.5 Å². The summed E-state index contributed by atoms with van der Waals surface area (Å²) in [5.74, 6) is 1.44. The SMILES string of the molecule is COC(=O)/C=C(/CCC(C)C)Nc1ccc(-c2cnco2)c(OC)c1. The van der Waals surface area contributed by atoms with Crippen molar-refractivity contribution in [1.82, 2.24) is 4.98 Å². The number of methoxy groups -OCH3 is 2. The van der Waals surface area contributed by atoms with Gasteiger partial charge in [0.15, 0.2) is 12.2 Å². The number of hydrogen-bond acceptors (Lipinski definition) is 6. The lowest BCUT2D eigenvalue weighted by Crippen LogP contribution is -2.06. The maximum atomic E-state index is 11.6. The number of carbonyl (C=O) groups is 1. The molecule has 0 fully saturated rings. The fourth-order valence-corrected chi connectivity index (χ4v) is 2.32. The molecule has 134 valence electrons. The van der Waals surface area contributed by atoms with E-state index in [-0.39, 0.29) is 5.97 Å². The van der Waals surface area contributed by atoms with Gasteiger partial charge in [-0.15, -0.1) is 0 Å². The number of anilines is 1. The van der Waals surface area contributed by atoms with Gasteiger partial charge in [0.1, 0.15) is 5.75 Å². The third-order valence-electron chi connectivity index (χ3n) is 3.69. The second kappa shape index (κ2) is 8.92. The molecular weight excluding hydrogens is 320 g/mol. The first-order chi connectivity index (χ1) is 12.0. The van der Waals surface area contributed by atoms with Crippen molar-refractivity contribution >= 4 is 11.7 Å². The van der Waals surface area contributed by atoms with Crippen LogP contribution in [0, 0.1) is 5.92 Å². The highest BCUT2D eigenvalue weighted by Crippen LogP contribution is 2.32. The van der Waals surface area contributed by atoms with Crippen molar-refractivity contribution in [1.29, 1.82) is 0 Å². The molecule has 0 bridgehead atoms. The number of carbonyl (C=O) groups excluding carboxylic acids is 1. The minimum absolute atomic E-state index is 0.378. The topological polar surface area (TPSA) is 73.6 Å². The van der Waals surface area contributed by atoms with Gasteiger partial charge < -0.3 is 19.2 Å². The Hall–Kier alpha value is -2.76. The van der Waals surface area contributed by atoms with Crippen molar-refractivity contribution < 1.29 is 18.7 Å². The van der Waals surface area contributed by atoms with E-state index in [0.29, 0.717) is 17.4 Å². The van der Waals surface area contributed by atoms with Crippen molar-refractivity contribution in [2.24, 2.45) is 5.92 Å². The molecule has 0 amide bonds. The summed E-state index contributed by atoms with van der Waals surface area (Å²) < 4.78 is 15.5. The lowest BCUT2D eigenvalue weighted by molar-refractivity contribution is -0.134. The predicted octanol–water partition coefficient (Wildman–Crippen LogP) is 4.26. The highest BCUT2D eigenvalue weighted by molar-refractivity contribution is 5.83. The molecule has 1 heterocycles. The molecule has 0 saturated heterocycles. The van der Waals surface area contributed by atoms with Crippen molar-refractivity contribution in [2.45, 2.75) is 26.7 Å². The summed E-state index contributed by atoms with van der Waals surface area (Å²) in [5.41, 5.74) is 2.43. The molecule has 0 saturated carbocycles.